The average Bonchev–Trinajstić information content (AvgIpc) is 3.30. The molecule has 6 rings (SSSR count). The molecule has 1 aliphatic carbocycles. The van der Waals surface area contributed by atoms with Crippen LogP contribution in [0.15, 0.2) is 24.4 Å². The first-order valence-corrected chi connectivity index (χ1v) is 15.7. The van der Waals surface area contributed by atoms with Crippen molar-refractivity contribution in [3.05, 3.63) is 35.8 Å². The van der Waals surface area contributed by atoms with Gasteiger partial charge in [0.25, 0.3) is 5.91 Å². The monoisotopic (exact) mass is 569 g/mol. The van der Waals surface area contributed by atoms with Crippen LogP contribution in [0, 0.1) is 0 Å². The fourth-order valence-electron chi connectivity index (χ4n) is 5.91. The number of amides is 1. The number of anilines is 1. The van der Waals surface area contributed by atoms with Gasteiger partial charge in [-0.15, -0.1) is 0 Å². The molecule has 0 atom stereocenters. The summed E-state index contributed by atoms with van der Waals surface area (Å²) in [5, 5.41) is 5.97. The number of morpholine rings is 1. The highest BCUT2D eigenvalue weighted by molar-refractivity contribution is 7.89. The van der Waals surface area contributed by atoms with Crippen molar-refractivity contribution in [2.45, 2.75) is 44.1 Å². The molecule has 214 valence electrons. The van der Waals surface area contributed by atoms with E-state index in [-0.39, 0.29) is 5.69 Å². The molecule has 2 saturated heterocycles. The van der Waals surface area contributed by atoms with Crippen molar-refractivity contribution < 1.29 is 22.7 Å². The first-order valence-electron chi connectivity index (χ1n) is 13.8. The lowest BCUT2D eigenvalue weighted by molar-refractivity contribution is 0.0115. The number of aromatic nitrogens is 4. The average molecular weight is 570 g/mol. The molecule has 1 amide bonds. The van der Waals surface area contributed by atoms with Gasteiger partial charge in [0.1, 0.15) is 5.69 Å². The van der Waals surface area contributed by atoms with Gasteiger partial charge in [0.2, 0.25) is 15.9 Å². The third-order valence-corrected chi connectivity index (χ3v) is 8.74. The Morgan fingerprint density at radius 2 is 1.85 bits per heavy atom. The van der Waals surface area contributed by atoms with Gasteiger partial charge in [0.05, 0.1) is 49.0 Å². The van der Waals surface area contributed by atoms with E-state index in [1.165, 1.54) is 0 Å². The standard InChI is InChI=1S/C27H35N7O5S/c1-38-23-16-20(6-9-28-23)34-26-24(25(30-34)18-4-3-5-18)22(17-21(29-26)27(35)31-40(2,36)37)33-10-7-19(8-11-33)32-12-14-39-15-13-32/h6,9,16-19H,3-5,7-8,10-15H2,1-2H3,(H,31,35). The number of fused-ring (bicyclic) bond motifs is 1. The Morgan fingerprint density at radius 1 is 1.10 bits per heavy atom. The number of methoxy groups -OCH3 is 1. The lowest BCUT2D eigenvalue weighted by atomic mass is 9.82. The minimum atomic E-state index is -3.77. The number of ether oxygens (including phenoxy) is 2. The van der Waals surface area contributed by atoms with Gasteiger partial charge in [0, 0.05) is 50.4 Å². The van der Waals surface area contributed by atoms with E-state index in [0.29, 0.717) is 29.2 Å². The maximum atomic E-state index is 13.1. The number of pyridine rings is 2. The summed E-state index contributed by atoms with van der Waals surface area (Å²) < 4.78 is 38.6. The van der Waals surface area contributed by atoms with Gasteiger partial charge in [-0.1, -0.05) is 6.42 Å². The Morgan fingerprint density at radius 3 is 2.50 bits per heavy atom. The molecular formula is C27H35N7O5S. The van der Waals surface area contributed by atoms with Crippen molar-refractivity contribution in [2.75, 3.05) is 57.7 Å². The van der Waals surface area contributed by atoms with Crippen LogP contribution in [0.4, 0.5) is 5.69 Å². The number of rotatable bonds is 7. The van der Waals surface area contributed by atoms with Crippen molar-refractivity contribution in [1.29, 1.82) is 0 Å². The molecule has 0 unspecified atom stereocenters. The number of nitrogens with zero attached hydrogens (tertiary/aromatic N) is 6. The highest BCUT2D eigenvalue weighted by Gasteiger charge is 2.33. The molecule has 3 aliphatic rings. The van der Waals surface area contributed by atoms with Crippen molar-refractivity contribution >= 4 is 32.7 Å². The van der Waals surface area contributed by atoms with Crippen LogP contribution >= 0.6 is 0 Å². The summed E-state index contributed by atoms with van der Waals surface area (Å²) in [6.07, 6.45) is 7.81. The first-order chi connectivity index (χ1) is 19.3. The largest absolute Gasteiger partial charge is 0.481 e. The van der Waals surface area contributed by atoms with Crippen molar-refractivity contribution in [3.8, 4) is 11.6 Å². The SMILES string of the molecule is COc1cc(-n2nc(C3CCC3)c3c(N4CCC(N5CCOCC5)CC4)cc(C(=O)NS(C)(=O)=O)nc32)ccn1. The Kier molecular flexibility index (Phi) is 7.36. The summed E-state index contributed by atoms with van der Waals surface area (Å²) >= 11 is 0. The molecular weight excluding hydrogens is 534 g/mol. The van der Waals surface area contributed by atoms with Crippen LogP contribution < -0.4 is 14.4 Å². The van der Waals surface area contributed by atoms with Gasteiger partial charge in [0.15, 0.2) is 5.65 Å². The molecule has 3 fully saturated rings. The maximum absolute atomic E-state index is 13.1. The third kappa shape index (κ3) is 5.37. The fraction of sp³-hybridized carbons (Fsp3) is 0.556. The van der Waals surface area contributed by atoms with Crippen LogP contribution in [-0.4, -0.2) is 97.8 Å². The normalized spacial score (nSPS) is 19.5. The number of hydrogen-bond donors (Lipinski definition) is 1. The van der Waals surface area contributed by atoms with E-state index < -0.39 is 15.9 Å². The van der Waals surface area contributed by atoms with Gasteiger partial charge in [-0.2, -0.15) is 5.10 Å². The molecule has 1 N–H and O–H groups in total. The van der Waals surface area contributed by atoms with Crippen molar-refractivity contribution in [2.24, 2.45) is 0 Å². The van der Waals surface area contributed by atoms with Crippen LogP contribution in [-0.2, 0) is 14.8 Å². The number of hydrogen-bond acceptors (Lipinski definition) is 10. The van der Waals surface area contributed by atoms with Gasteiger partial charge >= 0.3 is 0 Å². The number of sulfonamides is 1. The number of carbonyl (C=O) groups is 1. The minimum absolute atomic E-state index is 0.0329. The molecule has 3 aromatic heterocycles. The van der Waals surface area contributed by atoms with E-state index in [1.807, 2.05) is 6.07 Å². The van der Waals surface area contributed by atoms with E-state index in [9.17, 15) is 13.2 Å². The van der Waals surface area contributed by atoms with Crippen LogP contribution in [0.2, 0.25) is 0 Å². The summed E-state index contributed by atoms with van der Waals surface area (Å²) in [5.74, 6) is -0.0311. The zero-order valence-electron chi connectivity index (χ0n) is 22.9. The molecule has 0 spiro atoms. The van der Waals surface area contributed by atoms with E-state index in [1.54, 1.807) is 30.1 Å². The summed E-state index contributed by atoms with van der Waals surface area (Å²) in [5.41, 5.74) is 3.09. The van der Waals surface area contributed by atoms with Gasteiger partial charge in [-0.05, 0) is 37.8 Å². The molecule has 0 bridgehead atoms. The quantitative estimate of drug-likeness (QED) is 0.451. The third-order valence-electron chi connectivity index (χ3n) is 8.19. The van der Waals surface area contributed by atoms with Crippen molar-refractivity contribution in [3.63, 3.8) is 0 Å². The fourth-order valence-corrected chi connectivity index (χ4v) is 6.35. The molecule has 13 heteroatoms. The second-order valence-corrected chi connectivity index (χ2v) is 12.5. The van der Waals surface area contributed by atoms with Gasteiger partial charge in [-0.25, -0.2) is 27.8 Å². The van der Waals surface area contributed by atoms with Crippen molar-refractivity contribution in [1.82, 2.24) is 29.4 Å². The summed E-state index contributed by atoms with van der Waals surface area (Å²) in [6.45, 7) is 5.07. The molecule has 40 heavy (non-hydrogen) atoms. The predicted molar refractivity (Wildman–Crippen MR) is 150 cm³/mol. The molecule has 12 nitrogen and oxygen atoms in total. The summed E-state index contributed by atoms with van der Waals surface area (Å²) in [4.78, 5) is 26.9. The highest BCUT2D eigenvalue weighted by atomic mass is 32.2. The number of piperidine rings is 1. The summed E-state index contributed by atoms with van der Waals surface area (Å²) in [7, 11) is -2.22. The number of carbonyl (C=O) groups excluding carboxylic acids is 1. The second-order valence-electron chi connectivity index (χ2n) is 10.8. The Labute approximate surface area is 233 Å². The van der Waals surface area contributed by atoms with Gasteiger partial charge < -0.3 is 14.4 Å². The minimum Gasteiger partial charge on any atom is -0.481 e. The van der Waals surface area contributed by atoms with Gasteiger partial charge in [-0.3, -0.25) is 9.69 Å². The Balaban J connectivity index is 1.46. The molecule has 5 heterocycles. The molecule has 0 aromatic carbocycles. The topological polar surface area (TPSA) is 132 Å². The van der Waals surface area contributed by atoms with E-state index in [4.69, 9.17) is 19.6 Å². The molecule has 3 aromatic rings. The Bertz CT molecular complexity index is 1510. The van der Waals surface area contributed by atoms with Crippen LogP contribution in [0.1, 0.15) is 54.2 Å². The zero-order chi connectivity index (χ0) is 27.9. The molecule has 2 aliphatic heterocycles. The number of nitrogens with one attached hydrogen (secondary N) is 1. The van der Waals surface area contributed by atoms with Crippen LogP contribution in [0.5, 0.6) is 5.88 Å². The highest BCUT2D eigenvalue weighted by Crippen LogP contribution is 2.43. The molecule has 1 saturated carbocycles. The predicted octanol–water partition coefficient (Wildman–Crippen LogP) is 2.08. The first kappa shape index (κ1) is 26.9. The summed E-state index contributed by atoms with van der Waals surface area (Å²) in [6, 6.07) is 5.82. The van der Waals surface area contributed by atoms with Crippen LogP contribution in [0.25, 0.3) is 16.7 Å². The van der Waals surface area contributed by atoms with Crippen LogP contribution in [0.3, 0.4) is 0 Å². The lowest BCUT2D eigenvalue weighted by Gasteiger charge is -2.41. The maximum Gasteiger partial charge on any atom is 0.283 e. The van der Waals surface area contributed by atoms with E-state index in [0.717, 1.165) is 94.5 Å². The second kappa shape index (κ2) is 10.9. The molecule has 0 radical (unpaired) electrons. The smallest absolute Gasteiger partial charge is 0.283 e. The van der Waals surface area contributed by atoms with E-state index >= 15 is 0 Å². The van der Waals surface area contributed by atoms with E-state index in [2.05, 4.69) is 19.5 Å². The Hall–Kier alpha value is -3.29. The lowest BCUT2D eigenvalue weighted by Crippen LogP contribution is -2.49. The zero-order valence-corrected chi connectivity index (χ0v) is 23.7.